The summed E-state index contributed by atoms with van der Waals surface area (Å²) in [7, 11) is -2.13. The first kappa shape index (κ1) is 11.1. The minimum absolute atomic E-state index is 0.0110. The summed E-state index contributed by atoms with van der Waals surface area (Å²) in [6.45, 7) is -0.0110. The first-order valence-corrected chi connectivity index (χ1v) is 5.59. The van der Waals surface area contributed by atoms with Crippen LogP contribution in [0.2, 0.25) is 0 Å². The zero-order valence-electron chi connectivity index (χ0n) is 7.78. The quantitative estimate of drug-likeness (QED) is 0.683. The van der Waals surface area contributed by atoms with Gasteiger partial charge in [-0.1, -0.05) is 5.21 Å². The minimum Gasteiger partial charge on any atom is -0.384 e. The molecule has 1 N–H and O–H groups in total. The Balaban J connectivity index is 3.05. The van der Waals surface area contributed by atoms with E-state index in [-0.39, 0.29) is 12.3 Å². The van der Waals surface area contributed by atoms with Crippen molar-refractivity contribution in [3.8, 4) is 0 Å². The lowest BCUT2D eigenvalue weighted by molar-refractivity contribution is 0.0608. The highest BCUT2D eigenvalue weighted by molar-refractivity contribution is 7.89. The van der Waals surface area contributed by atoms with Gasteiger partial charge in [0.25, 0.3) is 10.0 Å². The molecule has 80 valence electrons. The van der Waals surface area contributed by atoms with Crippen LogP contribution >= 0.6 is 0 Å². The van der Waals surface area contributed by atoms with Crippen molar-refractivity contribution in [2.24, 2.45) is 0 Å². The average molecular weight is 221 g/mol. The fraction of sp³-hybridized carbons (Fsp3) is 0.667. The van der Waals surface area contributed by atoms with Crippen molar-refractivity contribution in [2.45, 2.75) is 6.10 Å². The van der Waals surface area contributed by atoms with E-state index in [0.717, 1.165) is 6.26 Å². The first-order valence-electron chi connectivity index (χ1n) is 3.75. The lowest BCUT2D eigenvalue weighted by atomic mass is 10.3. The second-order valence-electron chi connectivity index (χ2n) is 2.74. The van der Waals surface area contributed by atoms with Crippen LogP contribution in [0.25, 0.3) is 0 Å². The van der Waals surface area contributed by atoms with Crippen molar-refractivity contribution in [3.63, 3.8) is 0 Å². The van der Waals surface area contributed by atoms with Gasteiger partial charge in [-0.15, -0.1) is 9.19 Å². The standard InChI is InChI=1S/C6H11N3O4S/c1-13-4-6(10)5-3-7-8-9(5)14(2,11)12/h3,6,10H,4H2,1-2H3. The topological polar surface area (TPSA) is 94.3 Å². The minimum atomic E-state index is -3.53. The van der Waals surface area contributed by atoms with E-state index in [1.165, 1.54) is 13.3 Å². The first-order chi connectivity index (χ1) is 6.46. The van der Waals surface area contributed by atoms with Crippen molar-refractivity contribution in [1.82, 2.24) is 14.4 Å². The zero-order valence-corrected chi connectivity index (χ0v) is 8.60. The number of aliphatic hydroxyl groups is 1. The van der Waals surface area contributed by atoms with Crippen LogP contribution in [0, 0.1) is 0 Å². The van der Waals surface area contributed by atoms with E-state index in [0.29, 0.717) is 4.09 Å². The van der Waals surface area contributed by atoms with Crippen molar-refractivity contribution < 1.29 is 18.3 Å². The third kappa shape index (κ3) is 2.28. The highest BCUT2D eigenvalue weighted by Gasteiger charge is 2.19. The SMILES string of the molecule is COCC(O)c1cnnn1S(C)(=O)=O. The molecular weight excluding hydrogens is 210 g/mol. The van der Waals surface area contributed by atoms with Gasteiger partial charge in [-0.2, -0.15) is 0 Å². The Morgan fingerprint density at radius 2 is 2.36 bits per heavy atom. The summed E-state index contributed by atoms with van der Waals surface area (Å²) >= 11 is 0. The van der Waals surface area contributed by atoms with Crippen LogP contribution in [0.15, 0.2) is 6.20 Å². The van der Waals surface area contributed by atoms with E-state index < -0.39 is 16.1 Å². The highest BCUT2D eigenvalue weighted by Crippen LogP contribution is 2.12. The lowest BCUT2D eigenvalue weighted by Gasteiger charge is -2.09. The van der Waals surface area contributed by atoms with E-state index in [4.69, 9.17) is 0 Å². The Kier molecular flexibility index (Phi) is 3.19. The predicted molar refractivity (Wildman–Crippen MR) is 47.1 cm³/mol. The third-order valence-corrected chi connectivity index (χ3v) is 2.44. The number of hydrogen-bond acceptors (Lipinski definition) is 6. The maximum Gasteiger partial charge on any atom is 0.252 e. The van der Waals surface area contributed by atoms with Crippen molar-refractivity contribution >= 4 is 10.0 Å². The molecule has 0 aromatic carbocycles. The molecule has 8 heteroatoms. The van der Waals surface area contributed by atoms with Crippen LogP contribution in [0.4, 0.5) is 0 Å². The van der Waals surface area contributed by atoms with E-state index in [1.807, 2.05) is 0 Å². The average Bonchev–Trinajstić information content (AvgIpc) is 2.50. The summed E-state index contributed by atoms with van der Waals surface area (Å²) in [6.07, 6.45) is 1.11. The summed E-state index contributed by atoms with van der Waals surface area (Å²) in [5.74, 6) is 0. The van der Waals surface area contributed by atoms with Gasteiger partial charge in [0.05, 0.1) is 19.1 Å². The molecule has 0 aliphatic rings. The predicted octanol–water partition coefficient (Wildman–Crippen LogP) is -1.23. The van der Waals surface area contributed by atoms with Gasteiger partial charge >= 0.3 is 0 Å². The van der Waals surface area contributed by atoms with E-state index in [2.05, 4.69) is 15.0 Å². The Morgan fingerprint density at radius 1 is 1.71 bits per heavy atom. The van der Waals surface area contributed by atoms with Crippen LogP contribution in [-0.2, 0) is 14.8 Å². The Hall–Kier alpha value is -0.990. The second-order valence-corrected chi connectivity index (χ2v) is 4.55. The lowest BCUT2D eigenvalue weighted by Crippen LogP contribution is -2.19. The number of methoxy groups -OCH3 is 1. The molecule has 1 rings (SSSR count). The van der Waals surface area contributed by atoms with Gasteiger partial charge in [-0.25, -0.2) is 8.42 Å². The number of aromatic nitrogens is 3. The summed E-state index contributed by atoms with van der Waals surface area (Å²) in [5.41, 5.74) is 0.0920. The van der Waals surface area contributed by atoms with Crippen molar-refractivity contribution in [2.75, 3.05) is 20.0 Å². The molecule has 0 aliphatic carbocycles. The van der Waals surface area contributed by atoms with Crippen LogP contribution in [0.1, 0.15) is 11.8 Å². The fourth-order valence-electron chi connectivity index (χ4n) is 0.947. The molecule has 7 nitrogen and oxygen atoms in total. The number of ether oxygens (including phenoxy) is 1. The summed E-state index contributed by atoms with van der Waals surface area (Å²) in [4.78, 5) is 0. The summed E-state index contributed by atoms with van der Waals surface area (Å²) < 4.78 is 27.6. The molecule has 0 aliphatic heterocycles. The van der Waals surface area contributed by atoms with Crippen LogP contribution in [0.3, 0.4) is 0 Å². The fourth-order valence-corrected chi connectivity index (χ4v) is 1.67. The molecule has 1 heterocycles. The normalized spacial score (nSPS) is 14.2. The van der Waals surface area contributed by atoms with Gasteiger partial charge in [0.2, 0.25) is 0 Å². The molecule has 1 unspecified atom stereocenters. The van der Waals surface area contributed by atoms with Crippen LogP contribution < -0.4 is 0 Å². The smallest absolute Gasteiger partial charge is 0.252 e. The van der Waals surface area contributed by atoms with Crippen molar-refractivity contribution in [1.29, 1.82) is 0 Å². The highest BCUT2D eigenvalue weighted by atomic mass is 32.2. The molecule has 0 radical (unpaired) electrons. The molecule has 1 aromatic rings. The Labute approximate surface area is 81.4 Å². The molecule has 14 heavy (non-hydrogen) atoms. The second kappa shape index (κ2) is 4.03. The molecule has 0 spiro atoms. The zero-order chi connectivity index (χ0) is 10.8. The van der Waals surface area contributed by atoms with Crippen LogP contribution in [0.5, 0.6) is 0 Å². The van der Waals surface area contributed by atoms with Gasteiger partial charge in [-0.3, -0.25) is 0 Å². The number of hydrogen-bond donors (Lipinski definition) is 1. The molecule has 1 atom stereocenters. The number of aliphatic hydroxyl groups excluding tert-OH is 1. The van der Waals surface area contributed by atoms with Gasteiger partial charge < -0.3 is 9.84 Å². The van der Waals surface area contributed by atoms with Gasteiger partial charge in [0.1, 0.15) is 11.8 Å². The van der Waals surface area contributed by atoms with E-state index in [9.17, 15) is 13.5 Å². The Morgan fingerprint density at radius 3 is 2.86 bits per heavy atom. The Bertz CT molecular complexity index is 399. The molecule has 0 saturated heterocycles. The summed E-state index contributed by atoms with van der Waals surface area (Å²) in [6, 6.07) is 0. The molecule has 0 bridgehead atoms. The van der Waals surface area contributed by atoms with Crippen LogP contribution in [-0.4, -0.2) is 47.9 Å². The number of nitrogens with zero attached hydrogens (tertiary/aromatic N) is 3. The largest absolute Gasteiger partial charge is 0.384 e. The summed E-state index contributed by atoms with van der Waals surface area (Å²) in [5, 5.41) is 16.2. The molecular formula is C6H11N3O4S. The molecule has 0 saturated carbocycles. The molecule has 0 amide bonds. The van der Waals surface area contributed by atoms with E-state index >= 15 is 0 Å². The maximum atomic E-state index is 11.1. The monoisotopic (exact) mass is 221 g/mol. The maximum absolute atomic E-state index is 11.1. The molecule has 0 fully saturated rings. The third-order valence-electron chi connectivity index (χ3n) is 1.52. The van der Waals surface area contributed by atoms with Gasteiger partial charge in [-0.05, 0) is 0 Å². The van der Waals surface area contributed by atoms with E-state index in [1.54, 1.807) is 0 Å². The number of rotatable bonds is 4. The van der Waals surface area contributed by atoms with Crippen molar-refractivity contribution in [3.05, 3.63) is 11.9 Å². The molecule has 1 aromatic heterocycles. The van der Waals surface area contributed by atoms with Gasteiger partial charge in [0, 0.05) is 7.11 Å². The van der Waals surface area contributed by atoms with Gasteiger partial charge in [0.15, 0.2) is 0 Å².